The van der Waals surface area contributed by atoms with Crippen molar-refractivity contribution in [3.8, 4) is 0 Å². The lowest BCUT2D eigenvalue weighted by Gasteiger charge is -2.21. The quantitative estimate of drug-likeness (QED) is 0.533. The van der Waals surface area contributed by atoms with Gasteiger partial charge in [0.1, 0.15) is 11.0 Å². The molecule has 6 nitrogen and oxygen atoms in total. The largest absolute Gasteiger partial charge is 0.428 e. The van der Waals surface area contributed by atoms with Crippen LogP contribution in [-0.2, 0) is 0 Å². The van der Waals surface area contributed by atoms with Crippen LogP contribution in [0.3, 0.4) is 0 Å². The van der Waals surface area contributed by atoms with Crippen molar-refractivity contribution in [1.82, 2.24) is 19.5 Å². The van der Waals surface area contributed by atoms with Crippen molar-refractivity contribution in [1.29, 1.82) is 0 Å². The van der Waals surface area contributed by atoms with E-state index in [1.807, 2.05) is 45.0 Å². The van der Waals surface area contributed by atoms with Gasteiger partial charge in [0.15, 0.2) is 5.82 Å². The Labute approximate surface area is 143 Å². The highest BCUT2D eigenvalue weighted by atomic mass is 16.5. The lowest BCUT2D eigenvalue weighted by molar-refractivity contribution is 0.200. The zero-order valence-electron chi connectivity index (χ0n) is 15.2. The van der Waals surface area contributed by atoms with Gasteiger partial charge in [0.2, 0.25) is 0 Å². The molecule has 0 atom stereocenters. The van der Waals surface area contributed by atoms with E-state index in [1.165, 1.54) is 5.57 Å². The predicted octanol–water partition coefficient (Wildman–Crippen LogP) is 3.24. The number of likely N-dealkylation sites (N-methyl/N-ethyl adjacent to an activating group) is 1. The van der Waals surface area contributed by atoms with Crippen LogP contribution in [0, 0.1) is 0 Å². The van der Waals surface area contributed by atoms with Crippen LogP contribution < -0.4 is 0 Å². The van der Waals surface area contributed by atoms with Gasteiger partial charge in [-0.05, 0) is 31.2 Å². The monoisotopic (exact) mass is 329 g/mol. The van der Waals surface area contributed by atoms with Gasteiger partial charge in [0.25, 0.3) is 0 Å². The molecule has 1 aliphatic heterocycles. The van der Waals surface area contributed by atoms with Gasteiger partial charge >= 0.3 is 0 Å². The predicted molar refractivity (Wildman–Crippen MR) is 100 cm³/mol. The number of nitrogens with zero attached hydrogens (tertiary/aromatic N) is 5. The Morgan fingerprint density at radius 3 is 2.67 bits per heavy atom. The van der Waals surface area contributed by atoms with Crippen LogP contribution in [0.5, 0.6) is 0 Å². The number of rotatable bonds is 3. The number of aromatic nitrogens is 2. The fourth-order valence-corrected chi connectivity index (χ4v) is 2.57. The molecule has 0 amide bonds. The van der Waals surface area contributed by atoms with Crippen LogP contribution in [0.2, 0.25) is 0 Å². The number of fused-ring (bicyclic) bond motifs is 1. The Balaban J connectivity index is 0.00000100. The van der Waals surface area contributed by atoms with Crippen molar-refractivity contribution in [2.45, 2.75) is 20.3 Å². The van der Waals surface area contributed by atoms with E-state index < -0.39 is 0 Å². The maximum absolute atomic E-state index is 10.1. The molecule has 0 fully saturated rings. The molecule has 2 aromatic heterocycles. The first-order valence-corrected chi connectivity index (χ1v) is 8.34. The summed E-state index contributed by atoms with van der Waals surface area (Å²) in [6.07, 6.45) is 6.63. The highest BCUT2D eigenvalue weighted by Crippen LogP contribution is 2.30. The molecule has 1 N–H and O–H groups in total. The van der Waals surface area contributed by atoms with E-state index in [0.29, 0.717) is 11.3 Å². The highest BCUT2D eigenvalue weighted by Gasteiger charge is 2.17. The third-order valence-electron chi connectivity index (χ3n) is 3.79. The second kappa shape index (κ2) is 7.97. The average Bonchev–Trinajstić information content (AvgIpc) is 2.92. The van der Waals surface area contributed by atoms with Crippen LogP contribution in [-0.4, -0.2) is 65.3 Å². The third kappa shape index (κ3) is 3.94. The van der Waals surface area contributed by atoms with Gasteiger partial charge in [-0.2, -0.15) is 4.73 Å². The zero-order chi connectivity index (χ0) is 17.7. The average molecular weight is 329 g/mol. The SMILES string of the molecule is CC.CN(C)C=Nc1ccc2c(n1)c(C1=CCN(C)CC1)cn2O. The molecule has 3 rings (SSSR count). The maximum atomic E-state index is 10.1. The van der Waals surface area contributed by atoms with E-state index >= 15 is 0 Å². The molecule has 0 aromatic carbocycles. The van der Waals surface area contributed by atoms with Gasteiger partial charge in [-0.1, -0.05) is 19.9 Å². The Kier molecular flexibility index (Phi) is 5.98. The van der Waals surface area contributed by atoms with Crippen molar-refractivity contribution in [3.63, 3.8) is 0 Å². The smallest absolute Gasteiger partial charge is 0.154 e. The molecule has 0 unspecified atom stereocenters. The first-order chi connectivity index (χ1) is 11.5. The van der Waals surface area contributed by atoms with Gasteiger partial charge in [-0.15, -0.1) is 0 Å². The van der Waals surface area contributed by atoms with E-state index in [2.05, 4.69) is 28.0 Å². The standard InChI is InChI=1S/C16H21N5O.C2H6/c1-19(2)11-17-15-5-4-14-16(18-15)13(10-21(14)22)12-6-8-20(3)9-7-12;1-2/h4-6,10-11,22H,7-9H2,1-3H3;1-2H3. The molecule has 0 aliphatic carbocycles. The minimum Gasteiger partial charge on any atom is -0.428 e. The van der Waals surface area contributed by atoms with E-state index in [9.17, 15) is 5.21 Å². The number of aliphatic imine (C=N–C) groups is 1. The molecule has 24 heavy (non-hydrogen) atoms. The zero-order valence-corrected chi connectivity index (χ0v) is 15.2. The highest BCUT2D eigenvalue weighted by molar-refractivity contribution is 5.91. The van der Waals surface area contributed by atoms with Gasteiger partial charge in [0, 0.05) is 32.7 Å². The molecule has 0 saturated carbocycles. The van der Waals surface area contributed by atoms with Gasteiger partial charge < -0.3 is 15.0 Å². The lowest BCUT2D eigenvalue weighted by atomic mass is 10.0. The summed E-state index contributed by atoms with van der Waals surface area (Å²) in [5.41, 5.74) is 3.73. The molecule has 3 heterocycles. The number of hydrogen-bond donors (Lipinski definition) is 1. The molecule has 130 valence electrons. The molecule has 0 radical (unpaired) electrons. The Hall–Kier alpha value is -2.34. The molecule has 1 aliphatic rings. The van der Waals surface area contributed by atoms with Crippen LogP contribution in [0.4, 0.5) is 5.82 Å². The van der Waals surface area contributed by atoms with Crippen molar-refractivity contribution in [3.05, 3.63) is 30.0 Å². The van der Waals surface area contributed by atoms with Crippen molar-refractivity contribution in [2.75, 3.05) is 34.2 Å². The van der Waals surface area contributed by atoms with E-state index in [0.717, 1.165) is 35.3 Å². The molecule has 2 aromatic rings. The molecule has 0 saturated heterocycles. The van der Waals surface area contributed by atoms with Crippen LogP contribution in [0.1, 0.15) is 25.8 Å². The van der Waals surface area contributed by atoms with Gasteiger partial charge in [-0.25, -0.2) is 9.98 Å². The summed E-state index contributed by atoms with van der Waals surface area (Å²) in [5.74, 6) is 0.641. The summed E-state index contributed by atoms with van der Waals surface area (Å²) >= 11 is 0. The van der Waals surface area contributed by atoms with Crippen LogP contribution in [0.15, 0.2) is 29.4 Å². The van der Waals surface area contributed by atoms with E-state index in [4.69, 9.17) is 0 Å². The van der Waals surface area contributed by atoms with Crippen molar-refractivity contribution < 1.29 is 5.21 Å². The normalized spacial score (nSPS) is 15.3. The molecule has 0 bridgehead atoms. The van der Waals surface area contributed by atoms with E-state index in [1.54, 1.807) is 12.5 Å². The Bertz CT molecular complexity index is 745. The molecule has 6 heteroatoms. The summed E-state index contributed by atoms with van der Waals surface area (Å²) in [4.78, 5) is 13.1. The topological polar surface area (TPSA) is 56.9 Å². The van der Waals surface area contributed by atoms with Gasteiger partial charge in [0.05, 0.1) is 12.5 Å². The second-order valence-corrected chi connectivity index (χ2v) is 5.87. The summed E-state index contributed by atoms with van der Waals surface area (Å²) in [6, 6.07) is 3.66. The molecular weight excluding hydrogens is 302 g/mol. The third-order valence-corrected chi connectivity index (χ3v) is 3.79. The summed E-state index contributed by atoms with van der Waals surface area (Å²) in [7, 11) is 5.94. The number of pyridine rings is 1. The summed E-state index contributed by atoms with van der Waals surface area (Å²) in [5, 5.41) is 10.1. The molecular formula is C18H27N5O. The summed E-state index contributed by atoms with van der Waals surface area (Å²) < 4.78 is 1.15. The van der Waals surface area contributed by atoms with Crippen molar-refractivity contribution in [2.24, 2.45) is 4.99 Å². The Morgan fingerprint density at radius 2 is 2.04 bits per heavy atom. The minimum absolute atomic E-state index is 0.641. The first-order valence-electron chi connectivity index (χ1n) is 8.34. The van der Waals surface area contributed by atoms with Crippen molar-refractivity contribution >= 4 is 28.8 Å². The second-order valence-electron chi connectivity index (χ2n) is 5.87. The Morgan fingerprint density at radius 1 is 1.29 bits per heavy atom. The fraction of sp³-hybridized carbons (Fsp3) is 0.444. The van der Waals surface area contributed by atoms with Gasteiger partial charge in [-0.3, -0.25) is 0 Å². The van der Waals surface area contributed by atoms with Crippen LogP contribution >= 0.6 is 0 Å². The lowest BCUT2D eigenvalue weighted by Crippen LogP contribution is -2.23. The summed E-state index contributed by atoms with van der Waals surface area (Å²) in [6.45, 7) is 5.94. The van der Waals surface area contributed by atoms with Crippen LogP contribution in [0.25, 0.3) is 16.6 Å². The first kappa shape index (κ1) is 18.0. The molecule has 0 spiro atoms. The maximum Gasteiger partial charge on any atom is 0.154 e. The number of hydrogen-bond acceptors (Lipinski definition) is 4. The minimum atomic E-state index is 0.641. The van der Waals surface area contributed by atoms with E-state index in [-0.39, 0.29) is 0 Å². The fourth-order valence-electron chi connectivity index (χ4n) is 2.57.